The number of hydrogen-bond donors (Lipinski definition) is 1. The second-order valence-electron chi connectivity index (χ2n) is 5.14. The number of nitro benzene ring substituents is 1. The molecule has 0 radical (unpaired) electrons. The van der Waals surface area contributed by atoms with Crippen molar-refractivity contribution in [1.29, 1.82) is 0 Å². The van der Waals surface area contributed by atoms with Crippen LogP contribution in [-0.4, -0.2) is 4.92 Å². The molecule has 0 saturated heterocycles. The van der Waals surface area contributed by atoms with E-state index in [9.17, 15) is 10.1 Å². The van der Waals surface area contributed by atoms with Gasteiger partial charge in [-0.3, -0.25) is 10.1 Å². The molecule has 0 aliphatic carbocycles. The fourth-order valence-corrected chi connectivity index (χ4v) is 2.15. The maximum absolute atomic E-state index is 10.9. The Labute approximate surface area is 123 Å². The highest BCUT2D eigenvalue weighted by molar-refractivity contribution is 5.59. The summed E-state index contributed by atoms with van der Waals surface area (Å²) in [6.45, 7) is 6.30. The van der Waals surface area contributed by atoms with Crippen LogP contribution in [0, 0.1) is 30.9 Å². The normalized spacial score (nSPS) is 10.4. The number of hydrogen-bond acceptors (Lipinski definition) is 4. The summed E-state index contributed by atoms with van der Waals surface area (Å²) in [5.74, 6) is 0.798. The van der Waals surface area contributed by atoms with Crippen LogP contribution in [0.5, 0.6) is 5.75 Å². The summed E-state index contributed by atoms with van der Waals surface area (Å²) < 4.78 is 5.80. The molecule has 0 aromatic heterocycles. The topological polar surface area (TPSA) is 78.4 Å². The highest BCUT2D eigenvalue weighted by Gasteiger charge is 2.12. The summed E-state index contributed by atoms with van der Waals surface area (Å²) in [5.41, 5.74) is 9.72. The SMILES string of the molecule is Cc1cc(C)c(C)c(OCc2ccc(N)c([N+](=O)[O-])c2)c1. The van der Waals surface area contributed by atoms with Gasteiger partial charge in [0.1, 0.15) is 18.0 Å². The molecule has 0 amide bonds. The van der Waals surface area contributed by atoms with E-state index in [-0.39, 0.29) is 18.0 Å². The molecule has 2 rings (SSSR count). The van der Waals surface area contributed by atoms with Crippen molar-refractivity contribution in [2.24, 2.45) is 0 Å². The fourth-order valence-electron chi connectivity index (χ4n) is 2.15. The third kappa shape index (κ3) is 3.31. The lowest BCUT2D eigenvalue weighted by atomic mass is 10.1. The molecule has 0 bridgehead atoms. The van der Waals surface area contributed by atoms with Crippen LogP contribution in [0.2, 0.25) is 0 Å². The van der Waals surface area contributed by atoms with Crippen molar-refractivity contribution >= 4 is 11.4 Å². The summed E-state index contributed by atoms with van der Waals surface area (Å²) in [7, 11) is 0. The molecule has 2 aromatic rings. The minimum Gasteiger partial charge on any atom is -0.489 e. The predicted molar refractivity (Wildman–Crippen MR) is 82.5 cm³/mol. The third-order valence-corrected chi connectivity index (χ3v) is 3.45. The molecule has 0 saturated carbocycles. The van der Waals surface area contributed by atoms with Crippen molar-refractivity contribution in [3.05, 3.63) is 62.7 Å². The maximum atomic E-state index is 10.9. The Hall–Kier alpha value is -2.56. The van der Waals surface area contributed by atoms with Crippen LogP contribution in [0.1, 0.15) is 22.3 Å². The molecule has 0 unspecified atom stereocenters. The van der Waals surface area contributed by atoms with Crippen LogP contribution < -0.4 is 10.5 Å². The molecule has 0 spiro atoms. The van der Waals surface area contributed by atoms with E-state index in [2.05, 4.69) is 6.07 Å². The Balaban J connectivity index is 2.21. The zero-order valence-corrected chi connectivity index (χ0v) is 12.3. The van der Waals surface area contributed by atoms with Crippen molar-refractivity contribution in [3.63, 3.8) is 0 Å². The molecule has 0 aliphatic heterocycles. The molecular formula is C16H18N2O3. The number of nitrogens with zero attached hydrogens (tertiary/aromatic N) is 1. The molecule has 0 aliphatic rings. The summed E-state index contributed by atoms with van der Waals surface area (Å²) in [5, 5.41) is 10.9. The van der Waals surface area contributed by atoms with Gasteiger partial charge >= 0.3 is 0 Å². The molecule has 2 N–H and O–H groups in total. The summed E-state index contributed by atoms with van der Waals surface area (Å²) >= 11 is 0. The number of nitro groups is 1. The Bertz CT molecular complexity index is 696. The first-order valence-electron chi connectivity index (χ1n) is 6.62. The molecule has 5 nitrogen and oxygen atoms in total. The first-order chi connectivity index (χ1) is 9.88. The summed E-state index contributed by atoms with van der Waals surface area (Å²) in [6, 6.07) is 8.78. The van der Waals surface area contributed by atoms with Crippen molar-refractivity contribution in [2.45, 2.75) is 27.4 Å². The van der Waals surface area contributed by atoms with E-state index in [0.717, 1.165) is 28.0 Å². The quantitative estimate of drug-likeness (QED) is 0.528. The van der Waals surface area contributed by atoms with Crippen molar-refractivity contribution in [2.75, 3.05) is 5.73 Å². The van der Waals surface area contributed by atoms with Crippen LogP contribution >= 0.6 is 0 Å². The van der Waals surface area contributed by atoms with Gasteiger partial charge in [-0.15, -0.1) is 0 Å². The summed E-state index contributed by atoms with van der Waals surface area (Å²) in [4.78, 5) is 10.4. The monoisotopic (exact) mass is 286 g/mol. The van der Waals surface area contributed by atoms with Gasteiger partial charge in [0.2, 0.25) is 0 Å². The molecule has 0 fully saturated rings. The highest BCUT2D eigenvalue weighted by Crippen LogP contribution is 2.26. The van der Waals surface area contributed by atoms with E-state index >= 15 is 0 Å². The third-order valence-electron chi connectivity index (χ3n) is 3.45. The number of nitrogens with two attached hydrogens (primary N) is 1. The highest BCUT2D eigenvalue weighted by atomic mass is 16.6. The standard InChI is InChI=1S/C16H18N2O3/c1-10-6-11(2)12(3)16(7-10)21-9-13-4-5-14(17)15(8-13)18(19)20/h4-8H,9,17H2,1-3H3. The number of nitrogen functional groups attached to an aromatic ring is 1. The minimum atomic E-state index is -0.485. The lowest BCUT2D eigenvalue weighted by Gasteiger charge is -2.12. The number of anilines is 1. The van der Waals surface area contributed by atoms with Crippen molar-refractivity contribution in [3.8, 4) is 5.75 Å². The van der Waals surface area contributed by atoms with E-state index in [1.54, 1.807) is 6.07 Å². The number of benzene rings is 2. The second kappa shape index (κ2) is 5.83. The molecule has 5 heteroatoms. The van der Waals surface area contributed by atoms with E-state index in [1.165, 1.54) is 12.1 Å². The Morgan fingerprint density at radius 2 is 1.90 bits per heavy atom. The van der Waals surface area contributed by atoms with Gasteiger partial charge in [0.15, 0.2) is 0 Å². The lowest BCUT2D eigenvalue weighted by molar-refractivity contribution is -0.384. The van der Waals surface area contributed by atoms with Crippen molar-refractivity contribution in [1.82, 2.24) is 0 Å². The minimum absolute atomic E-state index is 0.0896. The first kappa shape index (κ1) is 14.8. The van der Waals surface area contributed by atoms with Crippen LogP contribution in [-0.2, 0) is 6.61 Å². The molecule has 0 heterocycles. The van der Waals surface area contributed by atoms with Crippen LogP contribution in [0.4, 0.5) is 11.4 Å². The molecule has 110 valence electrons. The zero-order chi connectivity index (χ0) is 15.6. The number of aryl methyl sites for hydroxylation is 2. The average Bonchev–Trinajstić information content (AvgIpc) is 2.42. The Morgan fingerprint density at radius 1 is 1.19 bits per heavy atom. The number of rotatable bonds is 4. The fraction of sp³-hybridized carbons (Fsp3) is 0.250. The molecular weight excluding hydrogens is 268 g/mol. The molecule has 0 atom stereocenters. The first-order valence-corrected chi connectivity index (χ1v) is 6.62. The van der Waals surface area contributed by atoms with E-state index in [1.807, 2.05) is 26.8 Å². The van der Waals surface area contributed by atoms with Crippen molar-refractivity contribution < 1.29 is 9.66 Å². The Morgan fingerprint density at radius 3 is 2.57 bits per heavy atom. The van der Waals surface area contributed by atoms with Gasteiger partial charge in [-0.05, 0) is 55.2 Å². The van der Waals surface area contributed by atoms with Gasteiger partial charge in [0, 0.05) is 6.07 Å². The van der Waals surface area contributed by atoms with Gasteiger partial charge in [0.05, 0.1) is 4.92 Å². The van der Waals surface area contributed by atoms with Gasteiger partial charge < -0.3 is 10.5 Å². The molecule has 2 aromatic carbocycles. The van der Waals surface area contributed by atoms with Crippen LogP contribution in [0.25, 0.3) is 0 Å². The van der Waals surface area contributed by atoms with Crippen LogP contribution in [0.15, 0.2) is 30.3 Å². The average molecular weight is 286 g/mol. The maximum Gasteiger partial charge on any atom is 0.292 e. The van der Waals surface area contributed by atoms with E-state index in [0.29, 0.717) is 0 Å². The van der Waals surface area contributed by atoms with Gasteiger partial charge in [-0.2, -0.15) is 0 Å². The van der Waals surface area contributed by atoms with Gasteiger partial charge in [-0.25, -0.2) is 0 Å². The van der Waals surface area contributed by atoms with E-state index in [4.69, 9.17) is 10.5 Å². The van der Waals surface area contributed by atoms with E-state index < -0.39 is 4.92 Å². The lowest BCUT2D eigenvalue weighted by Crippen LogP contribution is -2.01. The largest absolute Gasteiger partial charge is 0.489 e. The molecule has 21 heavy (non-hydrogen) atoms. The zero-order valence-electron chi connectivity index (χ0n) is 12.3. The summed E-state index contributed by atoms with van der Waals surface area (Å²) in [6.07, 6.45) is 0. The Kier molecular flexibility index (Phi) is 4.12. The second-order valence-corrected chi connectivity index (χ2v) is 5.14. The van der Waals surface area contributed by atoms with Gasteiger partial charge in [-0.1, -0.05) is 12.1 Å². The van der Waals surface area contributed by atoms with Crippen LogP contribution in [0.3, 0.4) is 0 Å². The number of ether oxygens (including phenoxy) is 1. The predicted octanol–water partition coefficient (Wildman–Crippen LogP) is 3.68. The van der Waals surface area contributed by atoms with Gasteiger partial charge in [0.25, 0.3) is 5.69 Å². The smallest absolute Gasteiger partial charge is 0.292 e.